The molecular weight excluding hydrogens is 489 g/mol. The number of anilines is 2. The maximum atomic E-state index is 9.10. The Hall–Kier alpha value is -3.12. The summed E-state index contributed by atoms with van der Waals surface area (Å²) in [6, 6.07) is 17.4. The van der Waals surface area contributed by atoms with E-state index in [-0.39, 0.29) is 32.9 Å². The van der Waals surface area contributed by atoms with Crippen molar-refractivity contribution < 1.29 is 7.59 Å². The molecule has 1 atom stereocenters. The molecule has 6 nitrogen and oxygen atoms in total. The molecule has 0 saturated heterocycles. The normalized spacial score (nSPS) is 14.2. The first kappa shape index (κ1) is 21.6. The van der Waals surface area contributed by atoms with Crippen molar-refractivity contribution in [3.63, 3.8) is 0 Å². The number of nitrogen functional groups attached to an aromatic ring is 1. The maximum absolute atomic E-state index is 9.10. The highest BCUT2D eigenvalue weighted by Gasteiger charge is 2.23. The molecule has 0 amide bonds. The first-order valence-electron chi connectivity index (χ1n) is 9.37. The molecule has 0 bridgehead atoms. The molecule has 156 valence electrons. The van der Waals surface area contributed by atoms with Gasteiger partial charge in [0.2, 0.25) is 5.88 Å². The molecular formula is C23H26IN5O. The first-order valence-corrected chi connectivity index (χ1v) is 9.37. The predicted octanol–water partition coefficient (Wildman–Crippen LogP) is 5.17. The quantitative estimate of drug-likeness (QED) is 0.247. The molecule has 1 aliphatic rings. The number of hydrogen-bond acceptors (Lipinski definition) is 6. The zero-order valence-corrected chi connectivity index (χ0v) is 18.8. The third-order valence-corrected chi connectivity index (χ3v) is 5.25. The molecule has 30 heavy (non-hydrogen) atoms. The monoisotopic (exact) mass is 515 g/mol. The number of methoxy groups -OCH3 is 1. The fraction of sp³-hybridized carbons (Fsp3) is 0.174. The predicted molar refractivity (Wildman–Crippen MR) is 133 cm³/mol. The highest BCUT2D eigenvalue weighted by atomic mass is 127. The summed E-state index contributed by atoms with van der Waals surface area (Å²) in [7, 11) is 1.55. The van der Waals surface area contributed by atoms with Gasteiger partial charge in [-0.2, -0.15) is 5.26 Å². The molecule has 1 aliphatic carbocycles. The van der Waals surface area contributed by atoms with Gasteiger partial charge < -0.3 is 15.8 Å². The van der Waals surface area contributed by atoms with Crippen LogP contribution in [-0.2, 0) is 6.42 Å². The number of ether oxygens (including phenoxy) is 1. The second-order valence-electron chi connectivity index (χ2n) is 7.02. The van der Waals surface area contributed by atoms with Crippen molar-refractivity contribution in [1.29, 1.82) is 10.7 Å². The van der Waals surface area contributed by atoms with Crippen LogP contribution in [0.3, 0.4) is 0 Å². The van der Waals surface area contributed by atoms with Crippen molar-refractivity contribution in [2.24, 2.45) is 0 Å². The number of aromatic nitrogens is 1. The van der Waals surface area contributed by atoms with Crippen LogP contribution in [0.4, 0.5) is 11.4 Å². The lowest BCUT2D eigenvalue weighted by Crippen LogP contribution is -2.10. The van der Waals surface area contributed by atoms with Crippen molar-refractivity contribution in [3.05, 3.63) is 82.5 Å². The lowest BCUT2D eigenvalue weighted by Gasteiger charge is -2.17. The van der Waals surface area contributed by atoms with Crippen molar-refractivity contribution in [2.45, 2.75) is 18.9 Å². The minimum Gasteiger partial charge on any atom is -0.481 e. The molecule has 0 aliphatic heterocycles. The van der Waals surface area contributed by atoms with Gasteiger partial charge in [-0.05, 0) is 60.4 Å². The van der Waals surface area contributed by atoms with E-state index >= 15 is 0 Å². The van der Waals surface area contributed by atoms with E-state index in [0.29, 0.717) is 34.0 Å². The number of nitrogens with zero attached hydrogens (tertiary/aromatic N) is 2. The molecule has 4 rings (SSSR count). The summed E-state index contributed by atoms with van der Waals surface area (Å²) in [5.74, 6) is 0.458. The van der Waals surface area contributed by atoms with Gasteiger partial charge in [-0.25, -0.2) is 4.98 Å². The Morgan fingerprint density at radius 3 is 2.87 bits per heavy atom. The Kier molecular flexibility index (Phi) is 6.57. The number of fused-ring (bicyclic) bond motifs is 1. The van der Waals surface area contributed by atoms with Crippen molar-refractivity contribution in [1.82, 2.24) is 4.98 Å². The van der Waals surface area contributed by atoms with Crippen LogP contribution >= 0.6 is 24.0 Å². The van der Waals surface area contributed by atoms with E-state index in [4.69, 9.17) is 21.1 Å². The maximum Gasteiger partial charge on any atom is 0.213 e. The Bertz CT molecular complexity index is 1150. The Morgan fingerprint density at radius 1 is 1.27 bits per heavy atom. The van der Waals surface area contributed by atoms with Crippen molar-refractivity contribution in [3.8, 4) is 11.9 Å². The third kappa shape index (κ3) is 4.24. The van der Waals surface area contributed by atoms with Crippen LogP contribution in [0.2, 0.25) is 0 Å². The summed E-state index contributed by atoms with van der Waals surface area (Å²) in [6.07, 6.45) is 3.52. The average molecular weight is 515 g/mol. The summed E-state index contributed by atoms with van der Waals surface area (Å²) in [4.78, 5) is 4.09. The summed E-state index contributed by atoms with van der Waals surface area (Å²) < 4.78 is 5.16. The minimum absolute atomic E-state index is 0. The molecule has 2 aromatic carbocycles. The molecule has 0 saturated carbocycles. The molecule has 0 radical (unpaired) electrons. The lowest BCUT2D eigenvalue weighted by atomic mass is 10.0. The highest BCUT2D eigenvalue weighted by molar-refractivity contribution is 14.0. The number of benzene rings is 2. The molecule has 1 heterocycles. The van der Waals surface area contributed by atoms with Crippen LogP contribution in [-0.4, -0.2) is 17.8 Å². The second kappa shape index (κ2) is 9.13. The van der Waals surface area contributed by atoms with Gasteiger partial charge in [0.05, 0.1) is 30.5 Å². The topological polar surface area (TPSA) is 108 Å². The Labute approximate surface area is 195 Å². The number of halogens is 1. The van der Waals surface area contributed by atoms with Gasteiger partial charge in [0.15, 0.2) is 0 Å². The van der Waals surface area contributed by atoms with Gasteiger partial charge in [0, 0.05) is 37.6 Å². The standard InChI is InChI=1S/C23H21N5O.HI.2H2/c1-29-22-11-16(8-9-27-22)23(26)19-12-17(4-6-20(19)25)28-21-7-3-15-10-14(13-24)2-5-18(15)21;;;/h2,4-6,8-12,21,26,28H,3,7,25H2,1H3;3*1H/t21-;;;/m1.../s1. The zero-order chi connectivity index (χ0) is 20.4. The van der Waals surface area contributed by atoms with Gasteiger partial charge in [0.25, 0.3) is 0 Å². The van der Waals surface area contributed by atoms with Crippen LogP contribution in [0.1, 0.15) is 43.1 Å². The van der Waals surface area contributed by atoms with Gasteiger partial charge in [-0.15, -0.1) is 24.0 Å². The number of nitriles is 1. The lowest BCUT2D eigenvalue weighted by molar-refractivity contribution is 0.398. The fourth-order valence-corrected chi connectivity index (χ4v) is 3.73. The molecule has 4 N–H and O–H groups in total. The summed E-state index contributed by atoms with van der Waals surface area (Å²) in [6.45, 7) is 0. The molecule has 3 aromatic rings. The zero-order valence-electron chi connectivity index (χ0n) is 16.5. The van der Waals surface area contributed by atoms with Crippen molar-refractivity contribution >= 4 is 41.1 Å². The number of rotatable bonds is 5. The Balaban J connectivity index is 0.00000171. The summed E-state index contributed by atoms with van der Waals surface area (Å²) in [5, 5.41) is 21.3. The highest BCUT2D eigenvalue weighted by Crippen LogP contribution is 2.35. The van der Waals surface area contributed by atoms with Crippen molar-refractivity contribution in [2.75, 3.05) is 18.2 Å². The number of pyridine rings is 1. The van der Waals surface area contributed by atoms with E-state index in [1.165, 1.54) is 11.1 Å². The summed E-state index contributed by atoms with van der Waals surface area (Å²) >= 11 is 0. The third-order valence-electron chi connectivity index (χ3n) is 5.25. The van der Waals surface area contributed by atoms with Gasteiger partial charge in [-0.1, -0.05) is 6.07 Å². The minimum atomic E-state index is 0. The fourth-order valence-electron chi connectivity index (χ4n) is 3.73. The second-order valence-corrected chi connectivity index (χ2v) is 7.02. The van der Waals surface area contributed by atoms with Gasteiger partial charge in [0.1, 0.15) is 0 Å². The van der Waals surface area contributed by atoms with Crippen LogP contribution in [0.15, 0.2) is 54.7 Å². The van der Waals surface area contributed by atoms with E-state index in [1.807, 2.05) is 36.4 Å². The van der Waals surface area contributed by atoms with E-state index < -0.39 is 0 Å². The van der Waals surface area contributed by atoms with Crippen LogP contribution in [0.5, 0.6) is 5.88 Å². The van der Waals surface area contributed by atoms with Crippen LogP contribution < -0.4 is 15.8 Å². The van der Waals surface area contributed by atoms with Crippen LogP contribution in [0.25, 0.3) is 0 Å². The van der Waals surface area contributed by atoms with E-state index in [0.717, 1.165) is 18.5 Å². The number of nitrogens with two attached hydrogens (primary N) is 1. The Morgan fingerprint density at radius 2 is 2.10 bits per heavy atom. The van der Waals surface area contributed by atoms with Crippen LogP contribution in [0, 0.1) is 16.7 Å². The smallest absolute Gasteiger partial charge is 0.213 e. The van der Waals surface area contributed by atoms with E-state index in [9.17, 15) is 0 Å². The molecule has 7 heteroatoms. The van der Waals surface area contributed by atoms with Gasteiger partial charge >= 0.3 is 0 Å². The summed E-state index contributed by atoms with van der Waals surface area (Å²) in [5.41, 5.74) is 12.4. The van der Waals surface area contributed by atoms with E-state index in [1.54, 1.807) is 25.4 Å². The molecule has 0 fully saturated rings. The number of nitrogens with one attached hydrogen (secondary N) is 2. The largest absolute Gasteiger partial charge is 0.481 e. The molecule has 0 spiro atoms. The van der Waals surface area contributed by atoms with E-state index in [2.05, 4.69) is 16.4 Å². The number of hydrogen-bond donors (Lipinski definition) is 3. The molecule has 1 aromatic heterocycles. The van der Waals surface area contributed by atoms with Gasteiger partial charge in [-0.3, -0.25) is 5.41 Å². The number of aryl methyl sites for hydroxylation is 1. The SMILES string of the molecule is COc1cc(C(=N)c2cc(N[C@@H]3CCc4cc(C#N)ccc43)ccc2N)ccn1.I.[HH].[HH]. The average Bonchev–Trinajstić information content (AvgIpc) is 3.16. The first-order chi connectivity index (χ1) is 14.1. The molecule has 0 unspecified atom stereocenters.